The highest BCUT2D eigenvalue weighted by molar-refractivity contribution is 5.75. The number of aliphatic hydroxyl groups excluding tert-OH is 4. The molecule has 4 fully saturated rings. The second-order valence-electron chi connectivity index (χ2n) is 21.1. The second kappa shape index (κ2) is 22.1. The van der Waals surface area contributed by atoms with Crippen LogP contribution >= 0.6 is 0 Å². The van der Waals surface area contributed by atoms with Crippen LogP contribution in [0.3, 0.4) is 0 Å². The molecule has 12 unspecified atom stereocenters. The molecule has 0 aromatic rings. The number of nitrogens with one attached hydrogen (secondary N) is 2. The third-order valence-electron chi connectivity index (χ3n) is 15.9. The molecule has 346 valence electrons. The minimum Gasteiger partial charge on any atom is -0.393 e. The first-order chi connectivity index (χ1) is 27.7. The van der Waals surface area contributed by atoms with Crippen LogP contribution in [0.5, 0.6) is 0 Å². The van der Waals surface area contributed by atoms with Crippen molar-refractivity contribution in [3.8, 4) is 0 Å². The first-order valence-corrected chi connectivity index (χ1v) is 23.5. The maximum atomic E-state index is 12.6. The van der Waals surface area contributed by atoms with Gasteiger partial charge in [0.25, 0.3) is 0 Å². The van der Waals surface area contributed by atoms with Gasteiger partial charge < -0.3 is 49.4 Å². The fourth-order valence-corrected chi connectivity index (χ4v) is 11.7. The Morgan fingerprint density at radius 1 is 0.831 bits per heavy atom. The first-order valence-electron chi connectivity index (χ1n) is 23.5. The number of ether oxygens (including phenoxy) is 5. The molecule has 0 bridgehead atoms. The molecule has 4 aliphatic rings. The standard InChI is InChI=1S/C47H88N2O10/c1-11-45(7,12-2)42(54)37(15-13-14-25-48-39(51)22-26-57-44(5,6)31-58-43(3,4)30-55-10)49-40(52)28-56-29-41(53)59-38-19-18-35-34-17-16-32-27-33(50)20-23-46(32,8)36(34)21-24-47(35,38)9/h32-38,40-42,49-50,52-54H,11-31H2,1-10H3,(H,48,51). The smallest absolute Gasteiger partial charge is 0.222 e. The molecule has 0 saturated heterocycles. The Hall–Kier alpha value is -0.930. The number of hydrogen-bond acceptors (Lipinski definition) is 11. The van der Waals surface area contributed by atoms with Gasteiger partial charge in [-0.1, -0.05) is 41.0 Å². The van der Waals surface area contributed by atoms with Crippen LogP contribution in [0, 0.1) is 39.9 Å². The summed E-state index contributed by atoms with van der Waals surface area (Å²) in [6, 6.07) is -0.386. The average Bonchev–Trinajstić information content (AvgIpc) is 3.51. The van der Waals surface area contributed by atoms with Gasteiger partial charge in [0.05, 0.1) is 62.5 Å². The summed E-state index contributed by atoms with van der Waals surface area (Å²) in [5.41, 5.74) is -0.940. The van der Waals surface area contributed by atoms with Crippen molar-refractivity contribution >= 4 is 5.91 Å². The third-order valence-corrected chi connectivity index (χ3v) is 15.9. The Morgan fingerprint density at radius 3 is 2.20 bits per heavy atom. The van der Waals surface area contributed by atoms with Crippen molar-refractivity contribution in [2.24, 2.45) is 39.9 Å². The maximum Gasteiger partial charge on any atom is 0.222 e. The molecule has 0 aliphatic heterocycles. The Morgan fingerprint density at radius 2 is 1.51 bits per heavy atom. The van der Waals surface area contributed by atoms with Gasteiger partial charge in [0.15, 0.2) is 6.29 Å². The number of unbranched alkanes of at least 4 members (excludes halogenated alkanes) is 1. The molecule has 0 aromatic heterocycles. The molecule has 4 aliphatic carbocycles. The zero-order valence-corrected chi connectivity index (χ0v) is 38.9. The summed E-state index contributed by atoms with van der Waals surface area (Å²) in [6.07, 6.45) is 10.8. The van der Waals surface area contributed by atoms with E-state index in [1.807, 2.05) is 27.7 Å². The first kappa shape index (κ1) is 50.7. The van der Waals surface area contributed by atoms with E-state index in [0.717, 1.165) is 64.2 Å². The number of aliphatic hydroxyl groups is 4. The van der Waals surface area contributed by atoms with Crippen LogP contribution in [-0.4, -0.2) is 121 Å². The summed E-state index contributed by atoms with van der Waals surface area (Å²) in [4.78, 5) is 12.6. The fraction of sp³-hybridized carbons (Fsp3) is 0.979. The van der Waals surface area contributed by atoms with Crippen molar-refractivity contribution in [3.05, 3.63) is 0 Å². The minimum atomic E-state index is -1.08. The number of carbonyl (C=O) groups excluding carboxylic acids is 1. The van der Waals surface area contributed by atoms with E-state index in [4.69, 9.17) is 23.7 Å². The molecule has 12 heteroatoms. The molecular weight excluding hydrogens is 753 g/mol. The van der Waals surface area contributed by atoms with Crippen LogP contribution < -0.4 is 10.6 Å². The summed E-state index contributed by atoms with van der Waals surface area (Å²) in [7, 11) is 1.65. The summed E-state index contributed by atoms with van der Waals surface area (Å²) < 4.78 is 29.3. The van der Waals surface area contributed by atoms with Gasteiger partial charge in [-0.2, -0.15) is 0 Å². The molecule has 1 amide bonds. The van der Waals surface area contributed by atoms with Crippen LogP contribution in [0.2, 0.25) is 0 Å². The highest BCUT2D eigenvalue weighted by Gasteiger charge is 2.60. The molecule has 6 N–H and O–H groups in total. The maximum absolute atomic E-state index is 12.6. The Balaban J connectivity index is 1.17. The molecule has 12 nitrogen and oxygen atoms in total. The van der Waals surface area contributed by atoms with Gasteiger partial charge in [-0.25, -0.2) is 0 Å². The predicted molar refractivity (Wildman–Crippen MR) is 230 cm³/mol. The summed E-state index contributed by atoms with van der Waals surface area (Å²) >= 11 is 0. The van der Waals surface area contributed by atoms with Crippen LogP contribution in [0.25, 0.3) is 0 Å². The van der Waals surface area contributed by atoms with Crippen LogP contribution in [-0.2, 0) is 28.5 Å². The predicted octanol–water partition coefficient (Wildman–Crippen LogP) is 6.49. The molecular formula is C47H88N2O10. The number of methoxy groups -OCH3 is 1. The average molecular weight is 841 g/mol. The van der Waals surface area contributed by atoms with Crippen molar-refractivity contribution in [1.82, 2.24) is 10.6 Å². The zero-order valence-electron chi connectivity index (χ0n) is 38.9. The monoisotopic (exact) mass is 841 g/mol. The summed E-state index contributed by atoms with van der Waals surface area (Å²) in [5.74, 6) is 2.55. The van der Waals surface area contributed by atoms with Gasteiger partial charge in [0.2, 0.25) is 5.91 Å². The second-order valence-corrected chi connectivity index (χ2v) is 21.1. The van der Waals surface area contributed by atoms with Gasteiger partial charge in [0, 0.05) is 26.1 Å². The van der Waals surface area contributed by atoms with Gasteiger partial charge in [-0.3, -0.25) is 10.1 Å². The van der Waals surface area contributed by atoms with Crippen molar-refractivity contribution in [3.63, 3.8) is 0 Å². The SMILES string of the molecule is CCC(C)(CC)C(O)C(CCCCNC(=O)CCOC(C)(C)COC(C)(C)COC)NC(O)COCC(O)OC1CCC2C3CCC4CC(O)CCC4(C)C3CCC12C. The Labute approximate surface area is 358 Å². The van der Waals surface area contributed by atoms with Crippen LogP contribution in [0.1, 0.15) is 159 Å². The van der Waals surface area contributed by atoms with E-state index in [1.54, 1.807) is 7.11 Å². The molecule has 0 radical (unpaired) electrons. The fourth-order valence-electron chi connectivity index (χ4n) is 11.7. The largest absolute Gasteiger partial charge is 0.393 e. The lowest BCUT2D eigenvalue weighted by Gasteiger charge is -2.60. The number of amides is 1. The van der Waals surface area contributed by atoms with Crippen LogP contribution in [0.15, 0.2) is 0 Å². The van der Waals surface area contributed by atoms with E-state index in [-0.39, 0.29) is 61.2 Å². The normalized spacial score (nSPS) is 32.1. The number of rotatable bonds is 26. The van der Waals surface area contributed by atoms with Gasteiger partial charge >= 0.3 is 0 Å². The topological polar surface area (TPSA) is 168 Å². The quantitative estimate of drug-likeness (QED) is 0.0417. The number of carbonyl (C=O) groups is 1. The molecule has 4 rings (SSSR count). The van der Waals surface area contributed by atoms with Gasteiger partial charge in [0.1, 0.15) is 6.23 Å². The molecule has 12 atom stereocenters. The zero-order chi connectivity index (χ0) is 43.6. The number of hydrogen-bond donors (Lipinski definition) is 6. The van der Waals surface area contributed by atoms with Crippen LogP contribution in [0.4, 0.5) is 0 Å². The molecule has 0 spiro atoms. The van der Waals surface area contributed by atoms with E-state index in [0.29, 0.717) is 55.3 Å². The molecule has 0 heterocycles. The van der Waals surface area contributed by atoms with Crippen molar-refractivity contribution in [1.29, 1.82) is 0 Å². The Kier molecular flexibility index (Phi) is 19.0. The van der Waals surface area contributed by atoms with E-state index in [2.05, 4.69) is 45.3 Å². The van der Waals surface area contributed by atoms with Gasteiger partial charge in [-0.05, 0) is 151 Å². The van der Waals surface area contributed by atoms with E-state index in [9.17, 15) is 25.2 Å². The molecule has 59 heavy (non-hydrogen) atoms. The summed E-state index contributed by atoms with van der Waals surface area (Å²) in [5, 5.41) is 50.2. The lowest BCUT2D eigenvalue weighted by molar-refractivity contribution is -0.206. The summed E-state index contributed by atoms with van der Waals surface area (Å²) in [6.45, 7) is 20.5. The third kappa shape index (κ3) is 13.5. The van der Waals surface area contributed by atoms with Crippen molar-refractivity contribution in [2.45, 2.75) is 207 Å². The molecule has 4 saturated carbocycles. The van der Waals surface area contributed by atoms with Crippen molar-refractivity contribution < 1.29 is 48.9 Å². The van der Waals surface area contributed by atoms with E-state index >= 15 is 0 Å². The van der Waals surface area contributed by atoms with Gasteiger partial charge in [-0.15, -0.1) is 0 Å². The van der Waals surface area contributed by atoms with E-state index < -0.39 is 29.8 Å². The lowest BCUT2D eigenvalue weighted by Crippen LogP contribution is -2.54. The minimum absolute atomic E-state index is 0.0244. The highest BCUT2D eigenvalue weighted by atomic mass is 16.6. The van der Waals surface area contributed by atoms with E-state index in [1.165, 1.54) is 19.3 Å². The Bertz CT molecular complexity index is 1270. The molecule has 0 aromatic carbocycles. The number of fused-ring (bicyclic) bond motifs is 5. The lowest BCUT2D eigenvalue weighted by atomic mass is 9.45. The highest BCUT2D eigenvalue weighted by Crippen LogP contribution is 2.66. The van der Waals surface area contributed by atoms with Crippen molar-refractivity contribution in [2.75, 3.05) is 46.7 Å².